The Bertz CT molecular complexity index is 1170. The van der Waals surface area contributed by atoms with E-state index in [1.807, 2.05) is 61.2 Å². The quantitative estimate of drug-likeness (QED) is 0.675. The summed E-state index contributed by atoms with van der Waals surface area (Å²) >= 11 is 0. The number of nitrogens with one attached hydrogen (secondary N) is 1. The highest BCUT2D eigenvalue weighted by molar-refractivity contribution is 5.99. The average molecular weight is 506 g/mol. The maximum absolute atomic E-state index is 13.9. The summed E-state index contributed by atoms with van der Waals surface area (Å²) in [5.41, 5.74) is 2.18. The Balaban J connectivity index is 1.36. The van der Waals surface area contributed by atoms with Crippen molar-refractivity contribution < 1.29 is 23.9 Å². The van der Waals surface area contributed by atoms with Gasteiger partial charge >= 0.3 is 0 Å². The SMILES string of the molecule is Cc1cccc(C(=O)N2[C@@H](C(=O)NC[C@H]3CCCO3)COC23CCN(C(=O)c2ccccc2C)CC3)c1. The van der Waals surface area contributed by atoms with E-state index >= 15 is 0 Å². The number of likely N-dealkylation sites (tertiary alicyclic amines) is 1. The summed E-state index contributed by atoms with van der Waals surface area (Å²) in [4.78, 5) is 43.9. The van der Waals surface area contributed by atoms with E-state index in [4.69, 9.17) is 9.47 Å². The van der Waals surface area contributed by atoms with Crippen LogP contribution in [0.3, 0.4) is 0 Å². The molecule has 0 aliphatic carbocycles. The fraction of sp³-hybridized carbons (Fsp3) is 0.483. The van der Waals surface area contributed by atoms with E-state index in [0.29, 0.717) is 50.2 Å². The van der Waals surface area contributed by atoms with E-state index in [0.717, 1.165) is 24.0 Å². The first-order valence-electron chi connectivity index (χ1n) is 13.2. The van der Waals surface area contributed by atoms with Gasteiger partial charge < -0.3 is 19.7 Å². The Morgan fingerprint density at radius 3 is 2.51 bits per heavy atom. The zero-order chi connectivity index (χ0) is 26.0. The zero-order valence-corrected chi connectivity index (χ0v) is 21.6. The molecule has 3 amide bonds. The summed E-state index contributed by atoms with van der Waals surface area (Å²) < 4.78 is 12.0. The van der Waals surface area contributed by atoms with Crippen molar-refractivity contribution in [3.63, 3.8) is 0 Å². The lowest BCUT2D eigenvalue weighted by atomic mass is 9.95. The maximum Gasteiger partial charge on any atom is 0.256 e. The van der Waals surface area contributed by atoms with Crippen molar-refractivity contribution in [1.82, 2.24) is 15.1 Å². The zero-order valence-electron chi connectivity index (χ0n) is 21.6. The topological polar surface area (TPSA) is 88.2 Å². The van der Waals surface area contributed by atoms with Gasteiger partial charge in [0.2, 0.25) is 5.91 Å². The van der Waals surface area contributed by atoms with Crippen molar-refractivity contribution in [3.05, 3.63) is 70.8 Å². The van der Waals surface area contributed by atoms with Crippen LogP contribution >= 0.6 is 0 Å². The van der Waals surface area contributed by atoms with Gasteiger partial charge in [-0.25, -0.2) is 0 Å². The van der Waals surface area contributed by atoms with E-state index in [-0.39, 0.29) is 30.4 Å². The Kier molecular flexibility index (Phi) is 7.31. The number of carbonyl (C=O) groups excluding carboxylic acids is 3. The molecule has 1 spiro atoms. The molecule has 0 radical (unpaired) electrons. The minimum Gasteiger partial charge on any atom is -0.376 e. The average Bonchev–Trinajstić information content (AvgIpc) is 3.56. The van der Waals surface area contributed by atoms with Crippen LogP contribution in [0.25, 0.3) is 0 Å². The molecule has 5 rings (SSSR count). The summed E-state index contributed by atoms with van der Waals surface area (Å²) in [6.07, 6.45) is 2.81. The van der Waals surface area contributed by atoms with Crippen molar-refractivity contribution in [1.29, 1.82) is 0 Å². The van der Waals surface area contributed by atoms with Crippen LogP contribution in [-0.4, -0.2) is 78.2 Å². The molecule has 0 bridgehead atoms. The first-order chi connectivity index (χ1) is 17.9. The van der Waals surface area contributed by atoms with Crippen molar-refractivity contribution in [2.45, 2.75) is 57.4 Å². The summed E-state index contributed by atoms with van der Waals surface area (Å²) in [5, 5.41) is 2.99. The normalized spacial score (nSPS) is 22.9. The highest BCUT2D eigenvalue weighted by atomic mass is 16.5. The molecule has 0 aromatic heterocycles. The number of nitrogens with zero attached hydrogens (tertiary/aromatic N) is 2. The summed E-state index contributed by atoms with van der Waals surface area (Å²) in [7, 11) is 0. The first kappa shape index (κ1) is 25.4. The highest BCUT2D eigenvalue weighted by Gasteiger charge is 2.54. The molecule has 0 unspecified atom stereocenters. The van der Waals surface area contributed by atoms with Crippen LogP contribution in [0, 0.1) is 13.8 Å². The van der Waals surface area contributed by atoms with E-state index in [1.165, 1.54) is 0 Å². The molecule has 3 fully saturated rings. The van der Waals surface area contributed by atoms with E-state index in [9.17, 15) is 14.4 Å². The number of ether oxygens (including phenoxy) is 2. The van der Waals surface area contributed by atoms with Crippen molar-refractivity contribution >= 4 is 17.7 Å². The first-order valence-corrected chi connectivity index (χ1v) is 13.2. The maximum atomic E-state index is 13.9. The fourth-order valence-electron chi connectivity index (χ4n) is 5.66. The minimum absolute atomic E-state index is 0.0110. The van der Waals surface area contributed by atoms with Crippen LogP contribution in [-0.2, 0) is 14.3 Å². The van der Waals surface area contributed by atoms with E-state index in [1.54, 1.807) is 11.0 Å². The molecular formula is C29H35N3O5. The predicted octanol–water partition coefficient (Wildman–Crippen LogP) is 3.07. The molecule has 37 heavy (non-hydrogen) atoms. The van der Waals surface area contributed by atoms with Gasteiger partial charge in [-0.05, 0) is 50.5 Å². The van der Waals surface area contributed by atoms with E-state index < -0.39 is 11.8 Å². The molecule has 8 nitrogen and oxygen atoms in total. The standard InChI is InChI=1S/C29H35N3O5/c1-20-7-5-9-22(17-20)27(34)32-25(26(33)30-18-23-10-6-16-36-23)19-37-29(32)12-14-31(15-13-29)28(35)24-11-4-3-8-21(24)2/h3-5,7-9,11,17,23,25H,6,10,12-16,18-19H2,1-2H3,(H,30,33)/t23-,25-/m1/s1. The second-order valence-corrected chi connectivity index (χ2v) is 10.3. The molecule has 2 aromatic carbocycles. The number of carbonyl (C=O) groups is 3. The predicted molar refractivity (Wildman–Crippen MR) is 138 cm³/mol. The molecule has 196 valence electrons. The van der Waals surface area contributed by atoms with Gasteiger partial charge in [-0.15, -0.1) is 0 Å². The van der Waals surface area contributed by atoms with Gasteiger partial charge in [0.15, 0.2) is 0 Å². The Morgan fingerprint density at radius 1 is 1.03 bits per heavy atom. The van der Waals surface area contributed by atoms with Gasteiger partial charge in [0, 0.05) is 50.2 Å². The van der Waals surface area contributed by atoms with Gasteiger partial charge in [0.05, 0.1) is 12.7 Å². The van der Waals surface area contributed by atoms with Crippen LogP contribution in [0.15, 0.2) is 48.5 Å². The number of amides is 3. The molecule has 3 heterocycles. The summed E-state index contributed by atoms with van der Waals surface area (Å²) in [6, 6.07) is 14.2. The number of benzene rings is 2. The number of aryl methyl sites for hydroxylation is 2. The third-order valence-corrected chi connectivity index (χ3v) is 7.78. The van der Waals surface area contributed by atoms with Crippen LogP contribution < -0.4 is 5.32 Å². The number of hydrogen-bond donors (Lipinski definition) is 1. The molecule has 2 atom stereocenters. The molecule has 8 heteroatoms. The summed E-state index contributed by atoms with van der Waals surface area (Å²) in [5.74, 6) is -0.475. The smallest absolute Gasteiger partial charge is 0.256 e. The fourth-order valence-corrected chi connectivity index (χ4v) is 5.66. The Labute approximate surface area is 217 Å². The van der Waals surface area contributed by atoms with Crippen molar-refractivity contribution in [2.24, 2.45) is 0 Å². The highest BCUT2D eigenvalue weighted by Crippen LogP contribution is 2.39. The number of piperidine rings is 1. The van der Waals surface area contributed by atoms with E-state index in [2.05, 4.69) is 5.32 Å². The molecule has 3 aliphatic rings. The number of rotatable bonds is 5. The van der Waals surface area contributed by atoms with Crippen LogP contribution in [0.2, 0.25) is 0 Å². The molecule has 3 saturated heterocycles. The third kappa shape index (κ3) is 5.13. The second kappa shape index (κ2) is 10.6. The van der Waals surface area contributed by atoms with Crippen molar-refractivity contribution in [3.8, 4) is 0 Å². The van der Waals surface area contributed by atoms with Crippen LogP contribution in [0.1, 0.15) is 57.5 Å². The lowest BCUT2D eigenvalue weighted by Gasteiger charge is -2.44. The van der Waals surface area contributed by atoms with Crippen LogP contribution in [0.4, 0.5) is 0 Å². The molecule has 3 aliphatic heterocycles. The summed E-state index contributed by atoms with van der Waals surface area (Å²) in [6.45, 7) is 6.01. The molecule has 1 N–H and O–H groups in total. The lowest BCUT2D eigenvalue weighted by molar-refractivity contribution is -0.128. The monoisotopic (exact) mass is 505 g/mol. The van der Waals surface area contributed by atoms with Crippen LogP contribution in [0.5, 0.6) is 0 Å². The number of hydrogen-bond acceptors (Lipinski definition) is 5. The molecule has 0 saturated carbocycles. The largest absolute Gasteiger partial charge is 0.376 e. The van der Waals surface area contributed by atoms with Gasteiger partial charge in [-0.1, -0.05) is 35.9 Å². The van der Waals surface area contributed by atoms with Gasteiger partial charge in [0.25, 0.3) is 11.8 Å². The molecular weight excluding hydrogens is 470 g/mol. The lowest BCUT2D eigenvalue weighted by Crippen LogP contribution is -2.60. The van der Waals surface area contributed by atoms with Crippen molar-refractivity contribution in [2.75, 3.05) is 32.8 Å². The second-order valence-electron chi connectivity index (χ2n) is 10.3. The molecule has 2 aromatic rings. The van der Waals surface area contributed by atoms with Gasteiger partial charge in [-0.3, -0.25) is 19.3 Å². The Morgan fingerprint density at radius 2 is 1.81 bits per heavy atom. The van der Waals surface area contributed by atoms with Gasteiger partial charge in [0.1, 0.15) is 11.8 Å². The Hall–Kier alpha value is -3.23. The minimum atomic E-state index is -0.935. The van der Waals surface area contributed by atoms with Gasteiger partial charge in [-0.2, -0.15) is 0 Å². The third-order valence-electron chi connectivity index (χ3n) is 7.78.